The molecule has 0 aliphatic carbocycles. The van der Waals surface area contributed by atoms with E-state index in [1.54, 1.807) is 24.0 Å². The Hall–Kier alpha value is -1.41. The molecule has 0 saturated carbocycles. The van der Waals surface area contributed by atoms with Gasteiger partial charge in [0.2, 0.25) is 0 Å². The lowest BCUT2D eigenvalue weighted by molar-refractivity contribution is 0.366. The van der Waals surface area contributed by atoms with Gasteiger partial charge in [0.25, 0.3) is 14.2 Å². The van der Waals surface area contributed by atoms with Crippen LogP contribution in [0.15, 0.2) is 17.4 Å². The van der Waals surface area contributed by atoms with Crippen LogP contribution in [0.4, 0.5) is 0 Å². The minimum Gasteiger partial charge on any atom is -0.290 e. The second-order valence-corrected chi connectivity index (χ2v) is 7.58. The average Bonchev–Trinajstić information content (AvgIpc) is 2.79. The van der Waals surface area contributed by atoms with Crippen LogP contribution in [0.5, 0.6) is 0 Å². The van der Waals surface area contributed by atoms with E-state index in [2.05, 4.69) is 15.3 Å². The molecule has 0 spiro atoms. The summed E-state index contributed by atoms with van der Waals surface area (Å²) in [6.45, 7) is 5.52. The second kappa shape index (κ2) is 4.31. The van der Waals surface area contributed by atoms with Crippen molar-refractivity contribution in [1.29, 1.82) is 0 Å². The Morgan fingerprint density at radius 3 is 2.32 bits per heavy atom. The van der Waals surface area contributed by atoms with Gasteiger partial charge in [-0.15, -0.1) is 10.2 Å². The van der Waals surface area contributed by atoms with E-state index >= 15 is 0 Å². The summed E-state index contributed by atoms with van der Waals surface area (Å²) in [4.78, 5) is 0. The Balaban J connectivity index is 2.74. The summed E-state index contributed by atoms with van der Waals surface area (Å²) in [5.74, 6) is 0.368. The first-order chi connectivity index (χ1) is 8.60. The Morgan fingerprint density at radius 1 is 1.26 bits per heavy atom. The van der Waals surface area contributed by atoms with Crippen LogP contribution in [-0.2, 0) is 21.6 Å². The number of aryl methyl sites for hydroxylation is 1. The first-order valence-corrected chi connectivity index (χ1v) is 7.82. The van der Waals surface area contributed by atoms with Crippen molar-refractivity contribution in [3.63, 3.8) is 0 Å². The van der Waals surface area contributed by atoms with Crippen molar-refractivity contribution in [3.05, 3.63) is 12.3 Å². The lowest BCUT2D eigenvalue weighted by Crippen LogP contribution is -2.26. The van der Waals surface area contributed by atoms with Crippen LogP contribution in [0, 0.1) is 0 Å². The smallest absolute Gasteiger partial charge is 0.290 e. The van der Waals surface area contributed by atoms with Crippen molar-refractivity contribution in [1.82, 2.24) is 24.5 Å². The normalized spacial score (nSPS) is 12.9. The molecule has 0 bridgehead atoms. The van der Waals surface area contributed by atoms with E-state index < -0.39 is 14.6 Å². The zero-order valence-corrected chi connectivity index (χ0v) is 12.6. The fourth-order valence-electron chi connectivity index (χ4n) is 1.73. The van der Waals surface area contributed by atoms with Gasteiger partial charge < -0.3 is 0 Å². The molecule has 0 amide bonds. The topological polar surface area (TPSA) is 82.7 Å². The zero-order valence-electron chi connectivity index (χ0n) is 11.0. The predicted molar refractivity (Wildman–Crippen MR) is 70.3 cm³/mol. The minimum absolute atomic E-state index is 0.276. The fourth-order valence-corrected chi connectivity index (χ4v) is 2.75. The first kappa shape index (κ1) is 14.0. The Bertz CT molecular complexity index is 711. The molecule has 0 aliphatic rings. The van der Waals surface area contributed by atoms with E-state index in [4.69, 9.17) is 10.7 Å². The molecule has 9 heteroatoms. The summed E-state index contributed by atoms with van der Waals surface area (Å²) >= 11 is 0. The highest BCUT2D eigenvalue weighted by molar-refractivity contribution is 8.13. The van der Waals surface area contributed by atoms with Gasteiger partial charge in [0.05, 0.1) is 0 Å². The average molecular weight is 304 g/mol. The van der Waals surface area contributed by atoms with Crippen LogP contribution in [0.2, 0.25) is 0 Å². The van der Waals surface area contributed by atoms with E-state index in [1.165, 1.54) is 4.57 Å². The van der Waals surface area contributed by atoms with Gasteiger partial charge in [-0.05, 0) is 26.8 Å². The van der Waals surface area contributed by atoms with E-state index in [-0.39, 0.29) is 5.16 Å². The van der Waals surface area contributed by atoms with Gasteiger partial charge >= 0.3 is 0 Å². The van der Waals surface area contributed by atoms with Crippen molar-refractivity contribution >= 4 is 19.7 Å². The molecule has 0 atom stereocenters. The third-order valence-electron chi connectivity index (χ3n) is 2.46. The first-order valence-electron chi connectivity index (χ1n) is 5.51. The lowest BCUT2D eigenvalue weighted by atomic mass is 10.1. The second-order valence-electron chi connectivity index (χ2n) is 5.12. The molecule has 2 heterocycles. The van der Waals surface area contributed by atoms with E-state index in [1.807, 2.05) is 20.8 Å². The van der Waals surface area contributed by atoms with Crippen molar-refractivity contribution in [2.24, 2.45) is 7.05 Å². The lowest BCUT2D eigenvalue weighted by Gasteiger charge is -2.23. The zero-order chi connectivity index (χ0) is 14.4. The molecular formula is C10H14ClN5O2S. The molecule has 0 unspecified atom stereocenters. The number of hydrogen-bond donors (Lipinski definition) is 0. The van der Waals surface area contributed by atoms with Crippen LogP contribution in [0.25, 0.3) is 11.5 Å². The molecule has 7 nitrogen and oxygen atoms in total. The van der Waals surface area contributed by atoms with Gasteiger partial charge in [0.15, 0.2) is 5.82 Å². The molecular weight excluding hydrogens is 290 g/mol. The molecule has 19 heavy (non-hydrogen) atoms. The Labute approximate surface area is 115 Å². The highest BCUT2D eigenvalue weighted by Gasteiger charge is 2.30. The van der Waals surface area contributed by atoms with Gasteiger partial charge in [-0.1, -0.05) is 0 Å². The maximum absolute atomic E-state index is 11.6. The maximum atomic E-state index is 11.6. The fraction of sp³-hybridized carbons (Fsp3) is 0.500. The highest BCUT2D eigenvalue weighted by Crippen LogP contribution is 2.28. The summed E-state index contributed by atoms with van der Waals surface area (Å²) in [6, 6.07) is 1.73. The van der Waals surface area contributed by atoms with E-state index in [0.29, 0.717) is 11.5 Å². The standard InChI is InChI=1S/C10H14ClN5O2S/c1-10(2,3)16-8(7-5-6-15(4)14-7)12-13-9(16)19(11,17)18/h5-6H,1-4H3. The summed E-state index contributed by atoms with van der Waals surface area (Å²) in [5.41, 5.74) is -0.00955. The summed E-state index contributed by atoms with van der Waals surface area (Å²) in [5, 5.41) is 11.5. The third-order valence-corrected chi connectivity index (χ3v) is 3.58. The summed E-state index contributed by atoms with van der Waals surface area (Å²) in [7, 11) is 3.19. The highest BCUT2D eigenvalue weighted by atomic mass is 35.7. The Kier molecular flexibility index (Phi) is 3.18. The molecule has 2 aromatic heterocycles. The van der Waals surface area contributed by atoms with Crippen LogP contribution in [0.3, 0.4) is 0 Å². The van der Waals surface area contributed by atoms with Crippen molar-refractivity contribution in [2.75, 3.05) is 0 Å². The van der Waals surface area contributed by atoms with Crippen LogP contribution >= 0.6 is 10.7 Å². The monoisotopic (exact) mass is 303 g/mol. The van der Waals surface area contributed by atoms with Gasteiger partial charge in [0.1, 0.15) is 5.69 Å². The van der Waals surface area contributed by atoms with Crippen LogP contribution in [-0.4, -0.2) is 33.0 Å². The molecule has 0 N–H and O–H groups in total. The number of halogens is 1. The van der Waals surface area contributed by atoms with Crippen molar-refractivity contribution in [2.45, 2.75) is 31.5 Å². The number of hydrogen-bond acceptors (Lipinski definition) is 5. The van der Waals surface area contributed by atoms with Gasteiger partial charge in [-0.2, -0.15) is 5.10 Å². The molecule has 2 aromatic rings. The minimum atomic E-state index is -3.97. The van der Waals surface area contributed by atoms with Gasteiger partial charge in [-0.3, -0.25) is 9.25 Å². The third kappa shape index (κ3) is 2.64. The van der Waals surface area contributed by atoms with E-state index in [9.17, 15) is 8.42 Å². The SMILES string of the molecule is Cn1ccc(-c2nnc(S(=O)(=O)Cl)n2C(C)(C)C)n1. The number of nitrogens with zero attached hydrogens (tertiary/aromatic N) is 5. The summed E-state index contributed by atoms with van der Waals surface area (Å²) < 4.78 is 26.2. The van der Waals surface area contributed by atoms with Gasteiger partial charge in [-0.25, -0.2) is 8.42 Å². The molecule has 0 fully saturated rings. The number of rotatable bonds is 2. The molecule has 0 aromatic carbocycles. The van der Waals surface area contributed by atoms with Gasteiger partial charge in [0, 0.05) is 29.5 Å². The molecule has 2 rings (SSSR count). The molecule has 104 valence electrons. The van der Waals surface area contributed by atoms with Crippen LogP contribution < -0.4 is 0 Å². The summed E-state index contributed by atoms with van der Waals surface area (Å²) in [6.07, 6.45) is 1.74. The maximum Gasteiger partial charge on any atom is 0.296 e. The Morgan fingerprint density at radius 2 is 1.89 bits per heavy atom. The van der Waals surface area contributed by atoms with Crippen LogP contribution in [0.1, 0.15) is 20.8 Å². The molecule has 0 aliphatic heterocycles. The molecule has 0 radical (unpaired) electrons. The molecule has 0 saturated heterocycles. The predicted octanol–water partition coefficient (Wildman–Crippen LogP) is 1.36. The largest absolute Gasteiger partial charge is 0.296 e. The van der Waals surface area contributed by atoms with E-state index in [0.717, 1.165) is 0 Å². The van der Waals surface area contributed by atoms with Crippen molar-refractivity contribution < 1.29 is 8.42 Å². The quantitative estimate of drug-likeness (QED) is 0.782. The number of aromatic nitrogens is 5. The van der Waals surface area contributed by atoms with Crippen molar-refractivity contribution in [3.8, 4) is 11.5 Å².